The zero-order valence-electron chi connectivity index (χ0n) is 12.2. The topological polar surface area (TPSA) is 60.0 Å². The highest BCUT2D eigenvalue weighted by molar-refractivity contribution is 5.61. The molecule has 0 unspecified atom stereocenters. The third kappa shape index (κ3) is 2.07. The van der Waals surface area contributed by atoms with E-state index in [-0.39, 0.29) is 12.1 Å². The number of benzene rings is 1. The molecule has 108 valence electrons. The Balaban J connectivity index is 2.12. The van der Waals surface area contributed by atoms with E-state index in [1.54, 1.807) is 7.11 Å². The lowest BCUT2D eigenvalue weighted by Gasteiger charge is -2.51. The van der Waals surface area contributed by atoms with E-state index in [2.05, 4.69) is 23.1 Å². The van der Waals surface area contributed by atoms with E-state index in [0.29, 0.717) is 13.0 Å². The maximum atomic E-state index is 9.69. The van der Waals surface area contributed by atoms with Crippen LogP contribution in [0, 0.1) is 28.1 Å². The van der Waals surface area contributed by atoms with Crippen LogP contribution in [0.2, 0.25) is 0 Å². The van der Waals surface area contributed by atoms with Crippen LogP contribution >= 0.6 is 0 Å². The summed E-state index contributed by atoms with van der Waals surface area (Å²) in [6, 6.07) is 13.0. The second-order valence-electron chi connectivity index (χ2n) is 5.96. The number of hydrogen-bond donors (Lipinski definition) is 0. The van der Waals surface area contributed by atoms with Crippen LogP contribution in [0.3, 0.4) is 0 Å². The van der Waals surface area contributed by atoms with Gasteiger partial charge in [-0.3, -0.25) is 0 Å². The van der Waals surface area contributed by atoms with Gasteiger partial charge in [-0.25, -0.2) is 0 Å². The number of para-hydroxylation sites is 1. The Labute approximate surface area is 125 Å². The molecule has 3 rings (SSSR count). The zero-order chi connectivity index (χ0) is 14.9. The van der Waals surface area contributed by atoms with E-state index in [4.69, 9.17) is 4.74 Å². The Morgan fingerprint density at radius 1 is 1.29 bits per heavy atom. The van der Waals surface area contributed by atoms with E-state index in [1.807, 2.05) is 18.2 Å². The molecule has 2 aliphatic rings. The maximum Gasteiger partial charge on any atom is 0.167 e. The van der Waals surface area contributed by atoms with Crippen LogP contribution in [0.1, 0.15) is 24.8 Å². The highest BCUT2D eigenvalue weighted by atomic mass is 16.5. The molecular formula is C17H19N3O. The zero-order valence-corrected chi connectivity index (χ0v) is 12.2. The van der Waals surface area contributed by atoms with Crippen molar-refractivity contribution in [3.8, 4) is 12.1 Å². The van der Waals surface area contributed by atoms with E-state index < -0.39 is 5.41 Å². The van der Waals surface area contributed by atoms with Gasteiger partial charge in [-0.15, -0.1) is 0 Å². The van der Waals surface area contributed by atoms with Gasteiger partial charge in [0, 0.05) is 19.2 Å². The maximum absolute atomic E-state index is 9.69. The van der Waals surface area contributed by atoms with Gasteiger partial charge in [-0.05, 0) is 30.9 Å². The highest BCUT2D eigenvalue weighted by Crippen LogP contribution is 2.46. The van der Waals surface area contributed by atoms with Crippen molar-refractivity contribution in [1.82, 2.24) is 0 Å². The quantitative estimate of drug-likeness (QED) is 0.836. The molecule has 4 nitrogen and oxygen atoms in total. The molecule has 2 aliphatic heterocycles. The molecule has 1 saturated heterocycles. The van der Waals surface area contributed by atoms with Gasteiger partial charge in [0.25, 0.3) is 0 Å². The second-order valence-corrected chi connectivity index (χ2v) is 5.96. The van der Waals surface area contributed by atoms with Crippen molar-refractivity contribution >= 4 is 5.69 Å². The minimum Gasteiger partial charge on any atom is -0.383 e. The fraction of sp³-hybridized carbons (Fsp3) is 0.529. The summed E-state index contributed by atoms with van der Waals surface area (Å²) < 4.78 is 5.37. The number of ether oxygens (including phenoxy) is 1. The van der Waals surface area contributed by atoms with Crippen LogP contribution in [0.4, 0.5) is 5.69 Å². The van der Waals surface area contributed by atoms with Crippen molar-refractivity contribution in [2.45, 2.75) is 37.8 Å². The molecule has 0 saturated carbocycles. The molecule has 0 spiro atoms. The fourth-order valence-corrected chi connectivity index (χ4v) is 3.87. The SMILES string of the molecule is COC[C@@H]1CCC[C@@H]2N1c1ccccc1CC2(C#N)C#N. The molecule has 1 aromatic carbocycles. The molecule has 4 heteroatoms. The van der Waals surface area contributed by atoms with Crippen LogP contribution < -0.4 is 4.90 Å². The average Bonchev–Trinajstić information content (AvgIpc) is 2.54. The minimum atomic E-state index is -0.944. The lowest BCUT2D eigenvalue weighted by Crippen LogP contribution is -2.59. The number of nitrogens with zero attached hydrogens (tertiary/aromatic N) is 3. The Morgan fingerprint density at radius 2 is 2.05 bits per heavy atom. The molecular weight excluding hydrogens is 262 g/mol. The summed E-state index contributed by atoms with van der Waals surface area (Å²) >= 11 is 0. The standard InChI is InChI=1S/C17H19N3O/c1-21-10-14-6-4-8-16-17(11-18,12-19)9-13-5-2-3-7-15(13)20(14)16/h2-3,5,7,14,16H,4,6,8-10H2,1H3/t14-,16-/m0/s1. The van der Waals surface area contributed by atoms with Gasteiger partial charge in [0.05, 0.1) is 30.8 Å². The molecule has 1 aromatic rings. The summed E-state index contributed by atoms with van der Waals surface area (Å²) in [5.41, 5.74) is 1.33. The smallest absolute Gasteiger partial charge is 0.167 e. The first-order chi connectivity index (χ1) is 10.3. The van der Waals surface area contributed by atoms with Gasteiger partial charge in [0.2, 0.25) is 0 Å². The number of nitriles is 2. The molecule has 2 heterocycles. The summed E-state index contributed by atoms with van der Waals surface area (Å²) in [6.07, 6.45) is 3.51. The molecule has 0 amide bonds. The van der Waals surface area contributed by atoms with Gasteiger partial charge >= 0.3 is 0 Å². The van der Waals surface area contributed by atoms with Crippen LogP contribution in [-0.4, -0.2) is 25.8 Å². The Bertz CT molecular complexity index is 597. The lowest BCUT2D eigenvalue weighted by molar-refractivity contribution is 0.146. The van der Waals surface area contributed by atoms with Crippen LogP contribution in [0.15, 0.2) is 24.3 Å². The van der Waals surface area contributed by atoms with Crippen LogP contribution in [0.25, 0.3) is 0 Å². The van der Waals surface area contributed by atoms with E-state index in [9.17, 15) is 10.5 Å². The van der Waals surface area contributed by atoms with Crippen LogP contribution in [-0.2, 0) is 11.2 Å². The summed E-state index contributed by atoms with van der Waals surface area (Å²) in [7, 11) is 1.71. The summed E-state index contributed by atoms with van der Waals surface area (Å²) in [6.45, 7) is 0.637. The number of anilines is 1. The normalized spacial score (nSPS) is 26.1. The fourth-order valence-electron chi connectivity index (χ4n) is 3.87. The first-order valence-electron chi connectivity index (χ1n) is 7.43. The van der Waals surface area contributed by atoms with E-state index >= 15 is 0 Å². The van der Waals surface area contributed by atoms with Gasteiger partial charge in [-0.2, -0.15) is 10.5 Å². The van der Waals surface area contributed by atoms with Crippen LogP contribution in [0.5, 0.6) is 0 Å². The van der Waals surface area contributed by atoms with E-state index in [1.165, 1.54) is 5.69 Å². The van der Waals surface area contributed by atoms with Gasteiger partial charge in [0.1, 0.15) is 0 Å². The van der Waals surface area contributed by atoms with Crippen molar-refractivity contribution in [2.75, 3.05) is 18.6 Å². The van der Waals surface area contributed by atoms with Gasteiger partial charge in [-0.1, -0.05) is 18.2 Å². The molecule has 21 heavy (non-hydrogen) atoms. The molecule has 0 radical (unpaired) electrons. The predicted molar refractivity (Wildman–Crippen MR) is 79.6 cm³/mol. The Morgan fingerprint density at radius 3 is 2.76 bits per heavy atom. The molecule has 0 N–H and O–H groups in total. The van der Waals surface area contributed by atoms with Crippen molar-refractivity contribution in [1.29, 1.82) is 10.5 Å². The van der Waals surface area contributed by atoms with Crippen molar-refractivity contribution in [3.05, 3.63) is 29.8 Å². The summed E-state index contributed by atoms with van der Waals surface area (Å²) in [4.78, 5) is 2.29. The highest BCUT2D eigenvalue weighted by Gasteiger charge is 2.50. The monoisotopic (exact) mass is 281 g/mol. The largest absolute Gasteiger partial charge is 0.383 e. The third-order valence-corrected chi connectivity index (χ3v) is 4.81. The predicted octanol–water partition coefficient (Wildman–Crippen LogP) is 2.65. The first kappa shape index (κ1) is 13.9. The summed E-state index contributed by atoms with van der Waals surface area (Å²) in [5.74, 6) is 0. The molecule has 0 aliphatic carbocycles. The third-order valence-electron chi connectivity index (χ3n) is 4.81. The van der Waals surface area contributed by atoms with E-state index in [0.717, 1.165) is 24.8 Å². The molecule has 1 fully saturated rings. The Hall–Kier alpha value is -2.04. The number of piperidine rings is 1. The first-order valence-corrected chi connectivity index (χ1v) is 7.43. The molecule has 0 aromatic heterocycles. The molecule has 2 atom stereocenters. The van der Waals surface area contributed by atoms with Crippen molar-refractivity contribution < 1.29 is 4.74 Å². The summed E-state index contributed by atoms with van der Waals surface area (Å²) in [5, 5.41) is 19.4. The average molecular weight is 281 g/mol. The number of rotatable bonds is 2. The number of hydrogen-bond acceptors (Lipinski definition) is 4. The lowest BCUT2D eigenvalue weighted by atomic mass is 9.69. The second kappa shape index (κ2) is 5.39. The van der Waals surface area contributed by atoms with Gasteiger partial charge < -0.3 is 9.64 Å². The number of methoxy groups -OCH3 is 1. The Kier molecular flexibility index (Phi) is 3.57. The number of fused-ring (bicyclic) bond motifs is 3. The van der Waals surface area contributed by atoms with Gasteiger partial charge in [0.15, 0.2) is 5.41 Å². The molecule has 0 bridgehead atoms. The van der Waals surface area contributed by atoms with Crippen molar-refractivity contribution in [3.63, 3.8) is 0 Å². The minimum absolute atomic E-state index is 0.0312. The van der Waals surface area contributed by atoms with Crippen molar-refractivity contribution in [2.24, 2.45) is 5.41 Å².